The number of halogens is 1. The predicted octanol–water partition coefficient (Wildman–Crippen LogP) is 1.62. The van der Waals surface area contributed by atoms with Gasteiger partial charge < -0.3 is 4.89 Å². The Morgan fingerprint density at radius 1 is 1.60 bits per heavy atom. The Bertz CT molecular complexity index is 133. The zero-order valence-corrected chi connectivity index (χ0v) is 6.48. The highest BCUT2D eigenvalue weighted by Gasteiger charge is 1.99. The second kappa shape index (κ2) is 5.26. The van der Waals surface area contributed by atoms with Gasteiger partial charge in [-0.05, 0) is 11.6 Å². The average Bonchev–Trinajstić information content (AvgIpc) is 1.85. The molecule has 0 fully saturated rings. The minimum atomic E-state index is -0.402. The van der Waals surface area contributed by atoms with Crippen molar-refractivity contribution in [3.8, 4) is 0 Å². The van der Waals surface area contributed by atoms with Gasteiger partial charge >= 0.3 is 0 Å². The molecule has 0 rings (SSSR count). The summed E-state index contributed by atoms with van der Waals surface area (Å²) in [4.78, 5) is 18.9. The third-order valence-electron chi connectivity index (χ3n) is 0.802. The van der Waals surface area contributed by atoms with Gasteiger partial charge in [-0.2, -0.15) is 4.89 Å². The molecule has 0 aliphatic heterocycles. The van der Waals surface area contributed by atoms with Gasteiger partial charge in [0.05, 0.1) is 7.11 Å². The predicted molar refractivity (Wildman–Crippen MR) is 37.3 cm³/mol. The zero-order valence-electron chi connectivity index (χ0n) is 5.72. The molecule has 10 heavy (non-hydrogen) atoms. The van der Waals surface area contributed by atoms with Crippen molar-refractivity contribution in [1.82, 2.24) is 0 Å². The molecule has 0 aliphatic rings. The fourth-order valence-electron chi connectivity index (χ4n) is 0.397. The first-order chi connectivity index (χ1) is 4.66. The van der Waals surface area contributed by atoms with E-state index in [-0.39, 0.29) is 6.42 Å². The molecule has 0 unspecified atom stereocenters. The summed E-state index contributed by atoms with van der Waals surface area (Å²) in [6.45, 7) is 3.46. The quantitative estimate of drug-likeness (QED) is 0.268. The summed E-state index contributed by atoms with van der Waals surface area (Å²) in [6.07, 6.45) is 0.625. The van der Waals surface area contributed by atoms with Crippen LogP contribution in [0.3, 0.4) is 0 Å². The first kappa shape index (κ1) is 9.46. The summed E-state index contributed by atoms with van der Waals surface area (Å²) in [6, 6.07) is 0. The van der Waals surface area contributed by atoms with E-state index in [4.69, 9.17) is 11.6 Å². The van der Waals surface area contributed by atoms with Crippen LogP contribution in [-0.2, 0) is 14.6 Å². The van der Waals surface area contributed by atoms with Gasteiger partial charge in [0, 0.05) is 12.8 Å². The van der Waals surface area contributed by atoms with E-state index in [1.54, 1.807) is 0 Å². The Morgan fingerprint density at radius 2 is 2.20 bits per heavy atom. The molecule has 0 radical (unpaired) electrons. The maximum Gasteiger partial charge on any atom is 0.222 e. The van der Waals surface area contributed by atoms with E-state index < -0.39 is 5.24 Å². The van der Waals surface area contributed by atoms with Crippen molar-refractivity contribution in [1.29, 1.82) is 0 Å². The molecular formula is C6H9ClO3. The third kappa shape index (κ3) is 5.59. The van der Waals surface area contributed by atoms with Gasteiger partial charge in [0.25, 0.3) is 0 Å². The fourth-order valence-corrected chi connectivity index (χ4v) is 0.492. The van der Waals surface area contributed by atoms with Crippen molar-refractivity contribution in [2.75, 3.05) is 7.11 Å². The molecule has 0 aliphatic carbocycles. The molecule has 0 aromatic heterocycles. The van der Waals surface area contributed by atoms with Crippen LogP contribution >= 0.6 is 11.6 Å². The van der Waals surface area contributed by atoms with E-state index in [2.05, 4.69) is 16.4 Å². The molecule has 58 valence electrons. The van der Waals surface area contributed by atoms with Gasteiger partial charge in [0.15, 0.2) is 0 Å². The van der Waals surface area contributed by atoms with E-state index in [1.165, 1.54) is 7.11 Å². The van der Waals surface area contributed by atoms with E-state index in [1.807, 2.05) is 0 Å². The minimum Gasteiger partial charge on any atom is -0.343 e. The lowest BCUT2D eigenvalue weighted by atomic mass is 10.3. The monoisotopic (exact) mass is 164 g/mol. The summed E-state index contributed by atoms with van der Waals surface area (Å²) in [7, 11) is 1.37. The molecule has 0 aromatic carbocycles. The van der Waals surface area contributed by atoms with Gasteiger partial charge in [0.2, 0.25) is 5.24 Å². The summed E-state index contributed by atoms with van der Waals surface area (Å²) >= 11 is 5.05. The van der Waals surface area contributed by atoms with Crippen molar-refractivity contribution < 1.29 is 14.6 Å². The van der Waals surface area contributed by atoms with Crippen molar-refractivity contribution in [2.45, 2.75) is 12.8 Å². The molecule has 0 heterocycles. The van der Waals surface area contributed by atoms with Crippen LogP contribution in [0.5, 0.6) is 0 Å². The van der Waals surface area contributed by atoms with Crippen LogP contribution in [0.15, 0.2) is 12.3 Å². The summed E-state index contributed by atoms with van der Waals surface area (Å²) in [5.41, 5.74) is 0. The number of hydrogen-bond donors (Lipinski definition) is 0. The van der Waals surface area contributed by atoms with E-state index in [9.17, 15) is 4.79 Å². The first-order valence-corrected chi connectivity index (χ1v) is 3.11. The zero-order chi connectivity index (χ0) is 7.98. The maximum atomic E-state index is 10.2. The van der Waals surface area contributed by atoms with Crippen LogP contribution in [0.1, 0.15) is 12.8 Å². The van der Waals surface area contributed by atoms with Crippen LogP contribution in [0.25, 0.3) is 0 Å². The Labute approximate surface area is 64.5 Å². The summed E-state index contributed by atoms with van der Waals surface area (Å²) < 4.78 is 0. The maximum absolute atomic E-state index is 10.2. The van der Waals surface area contributed by atoms with Crippen molar-refractivity contribution in [2.24, 2.45) is 0 Å². The molecule has 0 saturated heterocycles. The van der Waals surface area contributed by atoms with E-state index in [0.29, 0.717) is 12.2 Å². The molecule has 0 atom stereocenters. The normalized spacial score (nSPS) is 9.00. The molecular weight excluding hydrogens is 156 g/mol. The molecule has 0 amide bonds. The molecule has 0 N–H and O–H groups in total. The van der Waals surface area contributed by atoms with E-state index >= 15 is 0 Å². The lowest BCUT2D eigenvalue weighted by Gasteiger charge is -2.00. The molecule has 0 saturated carbocycles. The first-order valence-electron chi connectivity index (χ1n) is 2.73. The number of hydrogen-bond acceptors (Lipinski definition) is 3. The molecule has 3 nitrogen and oxygen atoms in total. The van der Waals surface area contributed by atoms with Gasteiger partial charge in [-0.3, -0.25) is 4.79 Å². The number of carbonyl (C=O) groups excluding carboxylic acids is 1. The van der Waals surface area contributed by atoms with Crippen molar-refractivity contribution in [3.63, 3.8) is 0 Å². The number of carbonyl (C=O) groups is 1. The van der Waals surface area contributed by atoms with Crippen LogP contribution < -0.4 is 0 Å². The molecule has 0 aromatic rings. The Morgan fingerprint density at radius 3 is 2.60 bits per heavy atom. The van der Waals surface area contributed by atoms with Gasteiger partial charge in [0.1, 0.15) is 5.76 Å². The van der Waals surface area contributed by atoms with E-state index in [0.717, 1.165) is 0 Å². The Balaban J connectivity index is 3.30. The highest BCUT2D eigenvalue weighted by atomic mass is 35.5. The van der Waals surface area contributed by atoms with Crippen molar-refractivity contribution >= 4 is 16.8 Å². The van der Waals surface area contributed by atoms with Gasteiger partial charge in [-0.1, -0.05) is 6.58 Å². The van der Waals surface area contributed by atoms with Crippen LogP contribution in [0.2, 0.25) is 0 Å². The highest BCUT2D eigenvalue weighted by molar-refractivity contribution is 6.63. The topological polar surface area (TPSA) is 35.5 Å². The lowest BCUT2D eigenvalue weighted by molar-refractivity contribution is -0.238. The second-order valence-corrected chi connectivity index (χ2v) is 2.07. The SMILES string of the molecule is C=C(CCC(=O)Cl)OOC. The summed E-state index contributed by atoms with van der Waals surface area (Å²) in [5.74, 6) is 0.400. The summed E-state index contributed by atoms with van der Waals surface area (Å²) in [5, 5.41) is -0.402. The number of allylic oxidation sites excluding steroid dienone is 1. The minimum absolute atomic E-state index is 0.226. The standard InChI is InChI=1S/C6H9ClO3/c1-5(10-9-2)3-4-6(7)8/h1,3-4H2,2H3. The van der Waals surface area contributed by atoms with Gasteiger partial charge in [-0.15, -0.1) is 0 Å². The average molecular weight is 165 g/mol. The van der Waals surface area contributed by atoms with Crippen LogP contribution in [0.4, 0.5) is 0 Å². The Hall–Kier alpha value is -0.540. The van der Waals surface area contributed by atoms with Crippen LogP contribution in [-0.4, -0.2) is 12.4 Å². The smallest absolute Gasteiger partial charge is 0.222 e. The van der Waals surface area contributed by atoms with Crippen LogP contribution in [0, 0.1) is 0 Å². The molecule has 0 bridgehead atoms. The number of rotatable bonds is 5. The van der Waals surface area contributed by atoms with Gasteiger partial charge in [-0.25, -0.2) is 0 Å². The third-order valence-corrected chi connectivity index (χ3v) is 0.991. The van der Waals surface area contributed by atoms with Crippen molar-refractivity contribution in [3.05, 3.63) is 12.3 Å². The molecule has 0 spiro atoms. The second-order valence-electron chi connectivity index (χ2n) is 1.64. The largest absolute Gasteiger partial charge is 0.343 e. The molecule has 4 heteroatoms. The Kier molecular flexibility index (Phi) is 4.98. The fraction of sp³-hybridized carbons (Fsp3) is 0.500. The lowest BCUT2D eigenvalue weighted by Crippen LogP contribution is -1.92. The highest BCUT2D eigenvalue weighted by Crippen LogP contribution is 2.05.